The Hall–Kier alpha value is -6.44. The first-order valence-electron chi connectivity index (χ1n) is 22.3. The van der Waals surface area contributed by atoms with Gasteiger partial charge in [0.05, 0.1) is 17.8 Å². The highest BCUT2D eigenvalue weighted by Crippen LogP contribution is 2.46. The standard InChI is InChI=1S/C48H30O/c1-3-13-31(14-4-1)35-27-36(32-15-5-2-6-16-32)29-37(28-35)47-41-21-11-9-19-39(41)46(40-20-10-12-22-42(40)47)34-24-26-45-44(30-34)43-25-23-33-17-7-8-18-38(33)48(43)49-45/h1-30H/i1D,2D,3D,4D,5D,6D,13D,14D,15D,16D,27D,28D,29D. The second kappa shape index (κ2) is 11.1. The van der Waals surface area contributed by atoms with E-state index in [9.17, 15) is 4.11 Å². The Morgan fingerprint density at radius 2 is 0.878 bits per heavy atom. The summed E-state index contributed by atoms with van der Waals surface area (Å²) in [7, 11) is 0. The predicted octanol–water partition coefficient (Wildman–Crippen LogP) is 13.7. The third kappa shape index (κ3) is 4.47. The van der Waals surface area contributed by atoms with Crippen molar-refractivity contribution in [3.05, 3.63) is 182 Å². The Labute approximate surface area is 302 Å². The minimum Gasteiger partial charge on any atom is -0.455 e. The van der Waals surface area contributed by atoms with Crippen LogP contribution in [0.5, 0.6) is 0 Å². The van der Waals surface area contributed by atoms with Crippen molar-refractivity contribution in [2.24, 2.45) is 0 Å². The minimum atomic E-state index is -0.712. The van der Waals surface area contributed by atoms with Gasteiger partial charge in [-0.05, 0) is 108 Å². The van der Waals surface area contributed by atoms with Gasteiger partial charge in [0.1, 0.15) is 11.2 Å². The van der Waals surface area contributed by atoms with Crippen LogP contribution in [-0.2, 0) is 0 Å². The van der Waals surface area contributed by atoms with Gasteiger partial charge in [-0.15, -0.1) is 0 Å². The van der Waals surface area contributed by atoms with Crippen LogP contribution in [0.3, 0.4) is 0 Å². The molecule has 1 nitrogen and oxygen atoms in total. The van der Waals surface area contributed by atoms with Gasteiger partial charge < -0.3 is 4.42 Å². The maximum absolute atomic E-state index is 9.87. The molecule has 9 aromatic carbocycles. The largest absolute Gasteiger partial charge is 0.455 e. The molecular formula is C48H30O. The third-order valence-corrected chi connectivity index (χ3v) is 9.08. The molecule has 10 aromatic rings. The van der Waals surface area contributed by atoms with Crippen molar-refractivity contribution in [2.75, 3.05) is 0 Å². The van der Waals surface area contributed by atoms with Gasteiger partial charge in [-0.2, -0.15) is 0 Å². The van der Waals surface area contributed by atoms with Crippen LogP contribution in [0.25, 0.3) is 98.8 Å². The molecule has 0 aliphatic heterocycles. The lowest BCUT2D eigenvalue weighted by Gasteiger charge is -2.19. The fourth-order valence-electron chi connectivity index (χ4n) is 6.96. The van der Waals surface area contributed by atoms with E-state index in [4.69, 9.17) is 18.1 Å². The van der Waals surface area contributed by atoms with Crippen molar-refractivity contribution < 1.29 is 22.2 Å². The summed E-state index contributed by atoms with van der Waals surface area (Å²) in [5, 5.41) is 6.48. The first-order valence-corrected chi connectivity index (χ1v) is 15.8. The van der Waals surface area contributed by atoms with Gasteiger partial charge in [-0.1, -0.05) is 145 Å². The zero-order valence-corrected chi connectivity index (χ0v) is 25.7. The molecule has 0 spiro atoms. The third-order valence-electron chi connectivity index (χ3n) is 9.08. The average molecular weight is 636 g/mol. The highest BCUT2D eigenvalue weighted by Gasteiger charge is 2.19. The maximum Gasteiger partial charge on any atom is 0.143 e. The molecule has 0 saturated carbocycles. The number of fused-ring (bicyclic) bond motifs is 7. The monoisotopic (exact) mass is 635 g/mol. The van der Waals surface area contributed by atoms with Crippen LogP contribution in [-0.4, -0.2) is 0 Å². The van der Waals surface area contributed by atoms with E-state index >= 15 is 0 Å². The summed E-state index contributed by atoms with van der Waals surface area (Å²) < 4.78 is 122. The Bertz CT molecular complexity index is 3420. The summed E-state index contributed by atoms with van der Waals surface area (Å²) in [5.74, 6) is 0. The lowest BCUT2D eigenvalue weighted by Crippen LogP contribution is -1.92. The first kappa shape index (κ1) is 17.6. The smallest absolute Gasteiger partial charge is 0.143 e. The molecule has 10 rings (SSSR count). The minimum absolute atomic E-state index is 0.119. The molecular weight excluding hydrogens is 593 g/mol. The molecule has 228 valence electrons. The van der Waals surface area contributed by atoms with E-state index in [2.05, 4.69) is 12.1 Å². The molecule has 49 heavy (non-hydrogen) atoms. The summed E-state index contributed by atoms with van der Waals surface area (Å²) in [6.07, 6.45) is 0. The lowest BCUT2D eigenvalue weighted by molar-refractivity contribution is 0.672. The number of benzene rings is 9. The highest BCUT2D eigenvalue weighted by molar-refractivity contribution is 6.23. The fourth-order valence-corrected chi connectivity index (χ4v) is 6.96. The molecule has 0 fully saturated rings. The van der Waals surface area contributed by atoms with Crippen LogP contribution in [0.1, 0.15) is 17.8 Å². The van der Waals surface area contributed by atoms with Crippen molar-refractivity contribution in [3.8, 4) is 44.5 Å². The topological polar surface area (TPSA) is 13.1 Å². The zero-order chi connectivity index (χ0) is 43.6. The molecule has 0 unspecified atom stereocenters. The molecule has 0 aliphatic carbocycles. The van der Waals surface area contributed by atoms with Gasteiger partial charge in [-0.3, -0.25) is 0 Å². The van der Waals surface area contributed by atoms with Crippen LogP contribution in [0.4, 0.5) is 0 Å². The molecule has 0 N–H and O–H groups in total. The fraction of sp³-hybridized carbons (Fsp3) is 0. The molecule has 1 heterocycles. The predicted molar refractivity (Wildman–Crippen MR) is 208 cm³/mol. The van der Waals surface area contributed by atoms with Gasteiger partial charge in [0.15, 0.2) is 0 Å². The zero-order valence-electron chi connectivity index (χ0n) is 38.7. The molecule has 0 saturated heterocycles. The summed E-state index contributed by atoms with van der Waals surface area (Å²) >= 11 is 0. The van der Waals surface area contributed by atoms with E-state index in [0.29, 0.717) is 21.9 Å². The molecule has 0 amide bonds. The Morgan fingerprint density at radius 3 is 1.47 bits per heavy atom. The number of hydrogen-bond acceptors (Lipinski definition) is 1. The molecule has 0 bridgehead atoms. The number of rotatable bonds is 4. The van der Waals surface area contributed by atoms with Crippen LogP contribution in [0, 0.1) is 0 Å². The van der Waals surface area contributed by atoms with Crippen molar-refractivity contribution in [1.29, 1.82) is 0 Å². The lowest BCUT2D eigenvalue weighted by atomic mass is 9.84. The van der Waals surface area contributed by atoms with Crippen molar-refractivity contribution >= 4 is 54.3 Å². The van der Waals surface area contributed by atoms with Crippen molar-refractivity contribution in [1.82, 2.24) is 0 Å². The van der Waals surface area contributed by atoms with Crippen LogP contribution in [0.15, 0.2) is 186 Å². The van der Waals surface area contributed by atoms with Crippen molar-refractivity contribution in [3.63, 3.8) is 0 Å². The van der Waals surface area contributed by atoms with E-state index in [1.54, 1.807) is 12.1 Å². The van der Waals surface area contributed by atoms with Crippen LogP contribution in [0.2, 0.25) is 0 Å². The highest BCUT2D eigenvalue weighted by atomic mass is 16.3. The van der Waals surface area contributed by atoms with Gasteiger partial charge in [0.25, 0.3) is 0 Å². The second-order valence-electron chi connectivity index (χ2n) is 11.8. The molecule has 1 aromatic heterocycles. The molecule has 0 aliphatic rings. The normalized spacial score (nSPS) is 15.4. The van der Waals surface area contributed by atoms with E-state index in [1.165, 1.54) is 0 Å². The van der Waals surface area contributed by atoms with Crippen molar-refractivity contribution in [2.45, 2.75) is 0 Å². The van der Waals surface area contributed by atoms with Gasteiger partial charge in [-0.25, -0.2) is 0 Å². The molecule has 0 radical (unpaired) electrons. The van der Waals surface area contributed by atoms with E-state index < -0.39 is 101 Å². The van der Waals surface area contributed by atoms with Gasteiger partial charge >= 0.3 is 0 Å². The molecule has 0 atom stereocenters. The summed E-state index contributed by atoms with van der Waals surface area (Å²) in [6, 6.07) is 24.3. The Kier molecular flexibility index (Phi) is 3.99. The SMILES string of the molecule is [2H]c1c([2H])c([2H])c(-c2c([2H])c(-c3c([2H])c([2H])c([2H])c([2H])c3[2H])c([2H])c(-c3c4ccccc4c(-c4ccc5oc6c7ccccc7ccc6c5c4)c4ccccc34)c2[2H])c([2H])c1[2H]. The van der Waals surface area contributed by atoms with Gasteiger partial charge in [0, 0.05) is 16.2 Å². The quantitative estimate of drug-likeness (QED) is 0.175. The summed E-state index contributed by atoms with van der Waals surface area (Å²) in [4.78, 5) is 0. The summed E-state index contributed by atoms with van der Waals surface area (Å²) in [6.45, 7) is 0. The van der Waals surface area contributed by atoms with E-state index in [-0.39, 0.29) is 5.56 Å². The Morgan fingerprint density at radius 1 is 0.367 bits per heavy atom. The van der Waals surface area contributed by atoms with Crippen LogP contribution >= 0.6 is 0 Å². The van der Waals surface area contributed by atoms with Gasteiger partial charge in [0.2, 0.25) is 0 Å². The first-order chi connectivity index (χ1) is 29.7. The second-order valence-corrected chi connectivity index (χ2v) is 11.8. The number of hydrogen-bond donors (Lipinski definition) is 0. The number of furan rings is 1. The Balaban J connectivity index is 1.36. The van der Waals surface area contributed by atoms with Crippen LogP contribution < -0.4 is 0 Å². The summed E-state index contributed by atoms with van der Waals surface area (Å²) in [5.41, 5.74) is 1.53. The van der Waals surface area contributed by atoms with E-state index in [1.807, 2.05) is 78.9 Å². The maximum atomic E-state index is 9.87. The molecule has 1 heteroatoms. The van der Waals surface area contributed by atoms with E-state index in [0.717, 1.165) is 49.0 Å². The average Bonchev–Trinajstić information content (AvgIpc) is 3.67.